The summed E-state index contributed by atoms with van der Waals surface area (Å²) in [6.07, 6.45) is 0. The summed E-state index contributed by atoms with van der Waals surface area (Å²) in [7, 11) is 0. The molecule has 0 atom stereocenters. The van der Waals surface area contributed by atoms with Crippen LogP contribution in [-0.2, 0) is 5.54 Å². The van der Waals surface area contributed by atoms with Crippen molar-refractivity contribution in [3.05, 3.63) is 150 Å². The van der Waals surface area contributed by atoms with E-state index in [1.165, 1.54) is 6.07 Å². The number of benzene rings is 5. The highest BCUT2D eigenvalue weighted by Crippen LogP contribution is 2.44. The number of fused-ring (bicyclic) bond motifs is 1. The molecular weight excluding hydrogens is 501 g/mol. The molecule has 0 saturated carbocycles. The van der Waals surface area contributed by atoms with Gasteiger partial charge < -0.3 is 15.6 Å². The molecule has 6 rings (SSSR count). The molecule has 3 N–H and O–H groups in total. The molecule has 0 aliphatic rings. The molecule has 0 amide bonds. The Morgan fingerprint density at radius 2 is 1.32 bits per heavy atom. The van der Waals surface area contributed by atoms with Crippen molar-refractivity contribution in [2.24, 2.45) is 0 Å². The summed E-state index contributed by atoms with van der Waals surface area (Å²) < 4.78 is 22.1. The SMILES string of the molecule is Nc1ccc2c(c1)c(-c1ccc(F)c(OCCO)c1)nn2C(c1ccccc1)(c1ccccc1)c1ccccc1. The lowest BCUT2D eigenvalue weighted by atomic mass is 9.77. The van der Waals surface area contributed by atoms with E-state index >= 15 is 0 Å². The molecule has 0 bridgehead atoms. The molecule has 0 aliphatic heterocycles. The van der Waals surface area contributed by atoms with Gasteiger partial charge in [-0.25, -0.2) is 9.07 Å². The number of nitrogens with zero attached hydrogens (tertiary/aromatic N) is 2. The minimum atomic E-state index is -0.841. The first-order valence-electron chi connectivity index (χ1n) is 13.1. The molecule has 6 heteroatoms. The quantitative estimate of drug-likeness (QED) is 0.171. The standard InChI is InChI=1S/C34H28FN3O2/c35-30-18-16-24(22-32(30)40-21-20-39)33-29-23-28(36)17-19-31(29)38(37-33)34(25-10-4-1-5-11-25,26-12-6-2-7-13-26)27-14-8-3-9-15-27/h1-19,22-23,39H,20-21,36H2. The summed E-state index contributed by atoms with van der Waals surface area (Å²) in [6, 6.07) is 41.3. The summed E-state index contributed by atoms with van der Waals surface area (Å²) in [6.45, 7) is -0.229. The van der Waals surface area contributed by atoms with E-state index in [4.69, 9.17) is 15.6 Å². The Balaban J connectivity index is 1.72. The average molecular weight is 530 g/mol. The van der Waals surface area contributed by atoms with Crippen molar-refractivity contribution in [1.29, 1.82) is 0 Å². The van der Waals surface area contributed by atoms with Crippen LogP contribution in [0, 0.1) is 5.82 Å². The average Bonchev–Trinajstić information content (AvgIpc) is 3.37. The lowest BCUT2D eigenvalue weighted by Gasteiger charge is -2.37. The van der Waals surface area contributed by atoms with Crippen LogP contribution in [0.5, 0.6) is 5.75 Å². The van der Waals surface area contributed by atoms with Crippen molar-refractivity contribution in [2.45, 2.75) is 5.54 Å². The molecule has 198 valence electrons. The third-order valence-corrected chi connectivity index (χ3v) is 7.15. The lowest BCUT2D eigenvalue weighted by molar-refractivity contribution is 0.196. The van der Waals surface area contributed by atoms with E-state index in [-0.39, 0.29) is 19.0 Å². The van der Waals surface area contributed by atoms with Gasteiger partial charge in [0.2, 0.25) is 0 Å². The first kappa shape index (κ1) is 25.3. The summed E-state index contributed by atoms with van der Waals surface area (Å²) >= 11 is 0. The normalized spacial score (nSPS) is 11.6. The molecule has 5 nitrogen and oxygen atoms in total. The number of anilines is 1. The van der Waals surface area contributed by atoms with E-state index < -0.39 is 11.4 Å². The van der Waals surface area contributed by atoms with Gasteiger partial charge in [-0.1, -0.05) is 91.0 Å². The van der Waals surface area contributed by atoms with Crippen LogP contribution in [0.15, 0.2) is 127 Å². The fraction of sp³-hybridized carbons (Fsp3) is 0.0882. The van der Waals surface area contributed by atoms with Gasteiger partial charge in [0.15, 0.2) is 11.6 Å². The maximum atomic E-state index is 14.6. The molecule has 0 aliphatic carbocycles. The van der Waals surface area contributed by atoms with E-state index in [1.54, 1.807) is 12.1 Å². The van der Waals surface area contributed by atoms with E-state index in [9.17, 15) is 9.50 Å². The van der Waals surface area contributed by atoms with Gasteiger partial charge >= 0.3 is 0 Å². The third-order valence-electron chi connectivity index (χ3n) is 7.15. The zero-order valence-electron chi connectivity index (χ0n) is 21.7. The molecule has 1 heterocycles. The van der Waals surface area contributed by atoms with Crippen LogP contribution < -0.4 is 10.5 Å². The smallest absolute Gasteiger partial charge is 0.165 e. The number of hydrogen-bond acceptors (Lipinski definition) is 4. The van der Waals surface area contributed by atoms with E-state index in [0.29, 0.717) is 16.9 Å². The molecule has 6 aromatic rings. The van der Waals surface area contributed by atoms with Crippen LogP contribution in [0.25, 0.3) is 22.2 Å². The largest absolute Gasteiger partial charge is 0.488 e. The van der Waals surface area contributed by atoms with Crippen molar-refractivity contribution in [3.8, 4) is 17.0 Å². The molecule has 0 unspecified atom stereocenters. The number of nitrogen functional groups attached to an aromatic ring is 1. The van der Waals surface area contributed by atoms with Crippen molar-refractivity contribution < 1.29 is 14.2 Å². The molecule has 0 radical (unpaired) electrons. The first-order valence-corrected chi connectivity index (χ1v) is 13.1. The van der Waals surface area contributed by atoms with Crippen molar-refractivity contribution in [3.63, 3.8) is 0 Å². The fourth-order valence-corrected chi connectivity index (χ4v) is 5.43. The minimum absolute atomic E-state index is 0.0123. The number of ether oxygens (including phenoxy) is 1. The van der Waals surface area contributed by atoms with Gasteiger partial charge in [0.25, 0.3) is 0 Å². The van der Waals surface area contributed by atoms with Gasteiger partial charge in [-0.3, -0.25) is 0 Å². The van der Waals surface area contributed by atoms with E-state index in [1.807, 2.05) is 72.8 Å². The topological polar surface area (TPSA) is 73.3 Å². The molecule has 0 spiro atoms. The maximum absolute atomic E-state index is 14.6. The van der Waals surface area contributed by atoms with Crippen molar-refractivity contribution in [2.75, 3.05) is 18.9 Å². The molecule has 0 fully saturated rings. The Morgan fingerprint density at radius 3 is 1.88 bits per heavy atom. The summed E-state index contributed by atoms with van der Waals surface area (Å²) in [5.74, 6) is -0.453. The highest BCUT2D eigenvalue weighted by atomic mass is 19.1. The third kappa shape index (κ3) is 4.28. The number of hydrogen-bond donors (Lipinski definition) is 2. The second kappa shape index (κ2) is 10.7. The maximum Gasteiger partial charge on any atom is 0.165 e. The second-order valence-electron chi connectivity index (χ2n) is 9.56. The number of aliphatic hydroxyl groups excluding tert-OH is 1. The predicted octanol–water partition coefficient (Wildman–Crippen LogP) is 6.64. The molecular formula is C34H28FN3O2. The number of aliphatic hydroxyl groups is 1. The molecule has 0 saturated heterocycles. The van der Waals surface area contributed by atoms with Crippen LogP contribution in [-0.4, -0.2) is 28.1 Å². The minimum Gasteiger partial charge on any atom is -0.488 e. The van der Waals surface area contributed by atoms with Crippen LogP contribution in [0.1, 0.15) is 16.7 Å². The van der Waals surface area contributed by atoms with Crippen LogP contribution in [0.3, 0.4) is 0 Å². The number of halogens is 1. The van der Waals surface area contributed by atoms with E-state index in [2.05, 4.69) is 41.1 Å². The zero-order chi connectivity index (χ0) is 27.5. The molecule has 1 aromatic heterocycles. The number of rotatable bonds is 8. The summed E-state index contributed by atoms with van der Waals surface area (Å²) in [4.78, 5) is 0. The van der Waals surface area contributed by atoms with Crippen LogP contribution in [0.4, 0.5) is 10.1 Å². The fourth-order valence-electron chi connectivity index (χ4n) is 5.43. The Bertz CT molecular complexity index is 1660. The van der Waals surface area contributed by atoms with Gasteiger partial charge in [0.1, 0.15) is 17.8 Å². The van der Waals surface area contributed by atoms with E-state index in [0.717, 1.165) is 27.6 Å². The Labute approximate surface area is 231 Å². The molecule has 40 heavy (non-hydrogen) atoms. The summed E-state index contributed by atoms with van der Waals surface area (Å²) in [5, 5.41) is 15.3. The van der Waals surface area contributed by atoms with Crippen LogP contribution >= 0.6 is 0 Å². The predicted molar refractivity (Wildman–Crippen MR) is 157 cm³/mol. The van der Waals surface area contributed by atoms with Gasteiger partial charge in [-0.15, -0.1) is 0 Å². The summed E-state index contributed by atoms with van der Waals surface area (Å²) in [5.41, 5.74) is 11.3. The Hall–Kier alpha value is -4.94. The van der Waals surface area contributed by atoms with Gasteiger partial charge in [0.05, 0.1) is 12.1 Å². The Kier molecular flexibility index (Phi) is 6.76. The van der Waals surface area contributed by atoms with Crippen molar-refractivity contribution >= 4 is 16.6 Å². The highest BCUT2D eigenvalue weighted by Gasteiger charge is 2.41. The van der Waals surface area contributed by atoms with Crippen molar-refractivity contribution in [1.82, 2.24) is 9.78 Å². The van der Waals surface area contributed by atoms with Crippen LogP contribution in [0.2, 0.25) is 0 Å². The highest BCUT2D eigenvalue weighted by molar-refractivity contribution is 5.96. The van der Waals surface area contributed by atoms with Gasteiger partial charge in [-0.05, 0) is 53.1 Å². The molecule has 5 aromatic carbocycles. The number of nitrogens with two attached hydrogens (primary N) is 1. The Morgan fingerprint density at radius 1 is 0.750 bits per heavy atom. The zero-order valence-corrected chi connectivity index (χ0v) is 21.7. The van der Waals surface area contributed by atoms with Gasteiger partial charge in [-0.2, -0.15) is 5.10 Å². The first-order chi connectivity index (χ1) is 19.6. The lowest BCUT2D eigenvalue weighted by Crippen LogP contribution is -2.38. The monoisotopic (exact) mass is 529 g/mol. The second-order valence-corrected chi connectivity index (χ2v) is 9.56. The van der Waals surface area contributed by atoms with Gasteiger partial charge in [0, 0.05) is 16.6 Å². The number of aromatic nitrogens is 2.